The molecule has 1 aliphatic heterocycles. The highest BCUT2D eigenvalue weighted by molar-refractivity contribution is 7.91. The number of amides is 1. The van der Waals surface area contributed by atoms with Gasteiger partial charge in [-0.05, 0) is 37.5 Å². The minimum Gasteiger partial charge on any atom is -0.388 e. The topological polar surface area (TPSA) is 87.9 Å². The Hall–Kier alpha value is -1.86. The van der Waals surface area contributed by atoms with Crippen molar-refractivity contribution in [2.45, 2.75) is 25.4 Å². The van der Waals surface area contributed by atoms with Crippen LogP contribution < -0.4 is 5.32 Å². The monoisotopic (exact) mass is 336 g/mol. The first kappa shape index (κ1) is 16.0. The van der Waals surface area contributed by atoms with Crippen molar-refractivity contribution in [1.82, 2.24) is 9.72 Å². The van der Waals surface area contributed by atoms with Crippen LogP contribution in [0.5, 0.6) is 0 Å². The van der Waals surface area contributed by atoms with Gasteiger partial charge in [0.05, 0.1) is 22.7 Å². The standard InChI is InChI=1S/C16H20N2O4S/c1-12-3-2-6-18-10-13(9-14(12)18)15(19)17-11-16(20)4-7-23(21,22)8-5-16/h2-3,6,9-10,20H,4-5,7-8,11H2,1H3,(H,17,19). The number of aryl methyl sites for hydroxylation is 1. The zero-order valence-electron chi connectivity index (χ0n) is 12.9. The Labute approximate surface area is 135 Å². The number of hydrogen-bond acceptors (Lipinski definition) is 4. The van der Waals surface area contributed by atoms with E-state index >= 15 is 0 Å². The molecule has 0 aliphatic carbocycles. The number of fused-ring (bicyclic) bond motifs is 1. The SMILES string of the molecule is Cc1cccn2cc(C(=O)NCC3(O)CCS(=O)(=O)CC3)cc12. The number of carbonyl (C=O) groups is 1. The highest BCUT2D eigenvalue weighted by Crippen LogP contribution is 2.23. The van der Waals surface area contributed by atoms with Gasteiger partial charge >= 0.3 is 0 Å². The number of hydrogen-bond donors (Lipinski definition) is 2. The van der Waals surface area contributed by atoms with Gasteiger partial charge in [0, 0.05) is 24.5 Å². The van der Waals surface area contributed by atoms with Crippen molar-refractivity contribution >= 4 is 21.3 Å². The molecule has 0 aromatic carbocycles. The Kier molecular flexibility index (Phi) is 3.93. The molecule has 1 amide bonds. The van der Waals surface area contributed by atoms with Crippen molar-refractivity contribution in [3.8, 4) is 0 Å². The Bertz CT molecular complexity index is 840. The predicted octanol–water partition coefficient (Wildman–Crippen LogP) is 0.917. The number of nitrogens with one attached hydrogen (secondary N) is 1. The van der Waals surface area contributed by atoms with E-state index in [4.69, 9.17) is 0 Å². The molecule has 2 aromatic rings. The van der Waals surface area contributed by atoms with E-state index in [1.807, 2.05) is 29.7 Å². The van der Waals surface area contributed by atoms with E-state index < -0.39 is 15.4 Å². The molecule has 7 heteroatoms. The van der Waals surface area contributed by atoms with Gasteiger partial charge in [-0.1, -0.05) is 6.07 Å². The van der Waals surface area contributed by atoms with Crippen LogP contribution in [-0.4, -0.2) is 47.5 Å². The molecule has 1 saturated heterocycles. The summed E-state index contributed by atoms with van der Waals surface area (Å²) in [6, 6.07) is 5.69. The van der Waals surface area contributed by atoms with Crippen LogP contribution in [0.25, 0.3) is 5.52 Å². The maximum absolute atomic E-state index is 12.3. The smallest absolute Gasteiger partial charge is 0.252 e. The second-order valence-corrected chi connectivity index (χ2v) is 8.57. The van der Waals surface area contributed by atoms with Crippen molar-refractivity contribution in [1.29, 1.82) is 0 Å². The first-order chi connectivity index (χ1) is 10.8. The van der Waals surface area contributed by atoms with Crippen molar-refractivity contribution in [2.75, 3.05) is 18.1 Å². The quantitative estimate of drug-likeness (QED) is 0.872. The second kappa shape index (κ2) is 5.65. The highest BCUT2D eigenvalue weighted by atomic mass is 32.2. The van der Waals surface area contributed by atoms with E-state index in [9.17, 15) is 18.3 Å². The van der Waals surface area contributed by atoms with Crippen LogP contribution in [-0.2, 0) is 9.84 Å². The summed E-state index contributed by atoms with van der Waals surface area (Å²) in [6.45, 7) is 2.04. The molecule has 0 spiro atoms. The van der Waals surface area contributed by atoms with Gasteiger partial charge in [-0.15, -0.1) is 0 Å². The average molecular weight is 336 g/mol. The molecule has 6 nitrogen and oxygen atoms in total. The Morgan fingerprint density at radius 1 is 1.39 bits per heavy atom. The summed E-state index contributed by atoms with van der Waals surface area (Å²) in [5.41, 5.74) is 1.41. The first-order valence-corrected chi connectivity index (χ1v) is 9.39. The third kappa shape index (κ3) is 3.40. The van der Waals surface area contributed by atoms with E-state index in [1.165, 1.54) is 0 Å². The van der Waals surface area contributed by atoms with E-state index in [0.29, 0.717) is 5.56 Å². The van der Waals surface area contributed by atoms with E-state index in [1.54, 1.807) is 12.3 Å². The first-order valence-electron chi connectivity index (χ1n) is 7.56. The molecular weight excluding hydrogens is 316 g/mol. The number of sulfone groups is 1. The van der Waals surface area contributed by atoms with Gasteiger partial charge in [-0.25, -0.2) is 8.42 Å². The third-order valence-corrected chi connectivity index (χ3v) is 6.09. The van der Waals surface area contributed by atoms with Crippen LogP contribution in [0, 0.1) is 6.92 Å². The second-order valence-electron chi connectivity index (χ2n) is 6.27. The van der Waals surface area contributed by atoms with Gasteiger partial charge in [0.15, 0.2) is 9.84 Å². The summed E-state index contributed by atoms with van der Waals surface area (Å²) < 4.78 is 24.7. The van der Waals surface area contributed by atoms with Crippen LogP contribution in [0.4, 0.5) is 0 Å². The fourth-order valence-corrected chi connectivity index (χ4v) is 4.44. The number of nitrogens with zero attached hydrogens (tertiary/aromatic N) is 1. The third-order valence-electron chi connectivity index (χ3n) is 4.44. The zero-order valence-corrected chi connectivity index (χ0v) is 13.8. The van der Waals surface area contributed by atoms with Gasteiger partial charge < -0.3 is 14.8 Å². The van der Waals surface area contributed by atoms with Crippen molar-refractivity contribution in [3.63, 3.8) is 0 Å². The lowest BCUT2D eigenvalue weighted by Crippen LogP contribution is -2.48. The number of pyridine rings is 1. The van der Waals surface area contributed by atoms with Crippen LogP contribution in [0.3, 0.4) is 0 Å². The Morgan fingerprint density at radius 3 is 2.74 bits per heavy atom. The molecule has 23 heavy (non-hydrogen) atoms. The predicted molar refractivity (Wildman–Crippen MR) is 87.3 cm³/mol. The minimum atomic E-state index is -3.04. The molecule has 0 atom stereocenters. The van der Waals surface area contributed by atoms with Gasteiger partial charge in [0.1, 0.15) is 0 Å². The number of aliphatic hydroxyl groups is 1. The van der Waals surface area contributed by atoms with Crippen molar-refractivity contribution < 1.29 is 18.3 Å². The molecule has 0 radical (unpaired) electrons. The molecule has 0 unspecified atom stereocenters. The lowest BCUT2D eigenvalue weighted by Gasteiger charge is -2.31. The summed E-state index contributed by atoms with van der Waals surface area (Å²) >= 11 is 0. The Balaban J connectivity index is 1.68. The van der Waals surface area contributed by atoms with E-state index in [-0.39, 0.29) is 36.8 Å². The number of carbonyl (C=O) groups excluding carboxylic acids is 1. The number of aromatic nitrogens is 1. The molecule has 0 bridgehead atoms. The van der Waals surface area contributed by atoms with E-state index in [2.05, 4.69) is 5.32 Å². The van der Waals surface area contributed by atoms with Crippen LogP contribution in [0.15, 0.2) is 30.6 Å². The normalized spacial score (nSPS) is 19.6. The summed E-state index contributed by atoms with van der Waals surface area (Å²) in [5, 5.41) is 13.1. The largest absolute Gasteiger partial charge is 0.388 e. The lowest BCUT2D eigenvalue weighted by molar-refractivity contribution is 0.0296. The molecular formula is C16H20N2O4S. The van der Waals surface area contributed by atoms with E-state index in [0.717, 1.165) is 11.1 Å². The Morgan fingerprint density at radius 2 is 2.09 bits per heavy atom. The van der Waals surface area contributed by atoms with Gasteiger partial charge in [0.2, 0.25) is 0 Å². The van der Waals surface area contributed by atoms with Crippen molar-refractivity contribution in [2.24, 2.45) is 0 Å². The van der Waals surface area contributed by atoms with Crippen LogP contribution >= 0.6 is 0 Å². The van der Waals surface area contributed by atoms with Gasteiger partial charge in [-0.2, -0.15) is 0 Å². The van der Waals surface area contributed by atoms with Gasteiger partial charge in [-0.3, -0.25) is 4.79 Å². The summed E-state index contributed by atoms with van der Waals surface area (Å²) in [7, 11) is -3.04. The number of rotatable bonds is 3. The molecule has 3 heterocycles. The molecule has 1 fully saturated rings. The summed E-state index contributed by atoms with van der Waals surface area (Å²) in [6.07, 6.45) is 3.94. The highest BCUT2D eigenvalue weighted by Gasteiger charge is 2.35. The van der Waals surface area contributed by atoms with Crippen molar-refractivity contribution in [3.05, 3.63) is 41.7 Å². The molecule has 3 rings (SSSR count). The molecule has 124 valence electrons. The maximum Gasteiger partial charge on any atom is 0.252 e. The summed E-state index contributed by atoms with van der Waals surface area (Å²) in [4.78, 5) is 12.3. The minimum absolute atomic E-state index is 0.0331. The molecule has 1 aliphatic rings. The van der Waals surface area contributed by atoms with Crippen LogP contribution in [0.2, 0.25) is 0 Å². The lowest BCUT2D eigenvalue weighted by atomic mass is 9.97. The zero-order chi connectivity index (χ0) is 16.7. The molecule has 2 aromatic heterocycles. The molecule has 2 N–H and O–H groups in total. The van der Waals surface area contributed by atoms with Crippen LogP contribution in [0.1, 0.15) is 28.8 Å². The fourth-order valence-electron chi connectivity index (χ4n) is 2.85. The summed E-state index contributed by atoms with van der Waals surface area (Å²) in [5.74, 6) is -0.335. The van der Waals surface area contributed by atoms with Gasteiger partial charge in [0.25, 0.3) is 5.91 Å². The molecule has 0 saturated carbocycles. The fraction of sp³-hybridized carbons (Fsp3) is 0.438. The average Bonchev–Trinajstić information content (AvgIpc) is 2.94. The maximum atomic E-state index is 12.3.